The van der Waals surface area contributed by atoms with Gasteiger partial charge in [-0.2, -0.15) is 0 Å². The van der Waals surface area contributed by atoms with Gasteiger partial charge >= 0.3 is 6.03 Å². The molecule has 0 unspecified atom stereocenters. The number of piperidine rings is 1. The van der Waals surface area contributed by atoms with Crippen molar-refractivity contribution in [3.63, 3.8) is 0 Å². The fraction of sp³-hybridized carbons (Fsp3) is 0.333. The summed E-state index contributed by atoms with van der Waals surface area (Å²) in [6, 6.07) is 11.9. The maximum Gasteiger partial charge on any atom is 0.321 e. The molecule has 2 heterocycles. The van der Waals surface area contributed by atoms with E-state index in [0.29, 0.717) is 46.0 Å². The molecule has 30 heavy (non-hydrogen) atoms. The lowest BCUT2D eigenvalue weighted by Gasteiger charge is -2.44. The van der Waals surface area contributed by atoms with Crippen molar-refractivity contribution in [3.8, 4) is 0 Å². The zero-order chi connectivity index (χ0) is 21.3. The average molecular weight is 485 g/mol. The first-order chi connectivity index (χ1) is 14.4. The summed E-state index contributed by atoms with van der Waals surface area (Å²) in [6.45, 7) is 1.84. The molecule has 2 aromatic rings. The highest BCUT2D eigenvalue weighted by molar-refractivity contribution is 8.00. The topological polar surface area (TPSA) is 52.7 Å². The zero-order valence-electron chi connectivity index (χ0n) is 16.0. The van der Waals surface area contributed by atoms with Gasteiger partial charge in [-0.05, 0) is 49.2 Å². The second kappa shape index (κ2) is 8.87. The van der Waals surface area contributed by atoms with E-state index in [2.05, 4.69) is 5.32 Å². The molecule has 5 nitrogen and oxygen atoms in total. The molecule has 4 rings (SSSR count). The lowest BCUT2D eigenvalue weighted by atomic mass is 10.0. The monoisotopic (exact) mass is 483 g/mol. The number of carbonyl (C=O) groups is 2. The van der Waals surface area contributed by atoms with Crippen LogP contribution >= 0.6 is 46.6 Å². The van der Waals surface area contributed by atoms with Gasteiger partial charge in [0.2, 0.25) is 0 Å². The molecule has 0 aliphatic carbocycles. The second-order valence-corrected chi connectivity index (χ2v) is 10.0. The van der Waals surface area contributed by atoms with Gasteiger partial charge in [-0.1, -0.05) is 40.9 Å². The van der Waals surface area contributed by atoms with Crippen LogP contribution in [0.15, 0.2) is 42.5 Å². The number of hydrogen-bond donors (Lipinski definition) is 1. The molecular formula is C21H20Cl3N3O2S. The highest BCUT2D eigenvalue weighted by Crippen LogP contribution is 2.44. The molecule has 0 aromatic heterocycles. The summed E-state index contributed by atoms with van der Waals surface area (Å²) < 4.78 is 0. The second-order valence-electron chi connectivity index (χ2n) is 7.31. The van der Waals surface area contributed by atoms with Gasteiger partial charge < -0.3 is 15.1 Å². The number of nitrogens with one attached hydrogen (secondary N) is 1. The quantitative estimate of drug-likeness (QED) is 0.581. The van der Waals surface area contributed by atoms with Gasteiger partial charge in [0.15, 0.2) is 0 Å². The van der Waals surface area contributed by atoms with E-state index < -0.39 is 0 Å². The molecule has 9 heteroatoms. The summed E-state index contributed by atoms with van der Waals surface area (Å²) in [5.41, 5.74) is 1.20. The molecule has 0 saturated carbocycles. The highest BCUT2D eigenvalue weighted by Gasteiger charge is 2.47. The summed E-state index contributed by atoms with van der Waals surface area (Å²) in [7, 11) is 0. The van der Waals surface area contributed by atoms with Crippen molar-refractivity contribution in [1.29, 1.82) is 0 Å². The summed E-state index contributed by atoms with van der Waals surface area (Å²) >= 11 is 19.8. The van der Waals surface area contributed by atoms with Crippen molar-refractivity contribution in [1.82, 2.24) is 9.80 Å². The molecule has 158 valence electrons. The third kappa shape index (κ3) is 4.37. The van der Waals surface area contributed by atoms with Crippen LogP contribution in [-0.4, -0.2) is 52.0 Å². The number of halogens is 3. The molecule has 2 aliphatic rings. The fourth-order valence-corrected chi connectivity index (χ4v) is 5.87. The van der Waals surface area contributed by atoms with Crippen molar-refractivity contribution < 1.29 is 9.59 Å². The first-order valence-corrected chi connectivity index (χ1v) is 11.7. The van der Waals surface area contributed by atoms with Crippen LogP contribution in [0, 0.1) is 0 Å². The molecule has 2 aliphatic heterocycles. The van der Waals surface area contributed by atoms with Gasteiger partial charge in [-0.25, -0.2) is 4.79 Å². The van der Waals surface area contributed by atoms with Gasteiger partial charge in [0.1, 0.15) is 0 Å². The first kappa shape index (κ1) is 21.6. The number of anilines is 1. The van der Waals surface area contributed by atoms with E-state index in [1.807, 2.05) is 4.90 Å². The number of likely N-dealkylation sites (tertiary alicyclic amines) is 1. The van der Waals surface area contributed by atoms with E-state index in [-0.39, 0.29) is 16.8 Å². The Balaban J connectivity index is 1.41. The fourth-order valence-electron chi connectivity index (χ4n) is 3.92. The van der Waals surface area contributed by atoms with E-state index in [4.69, 9.17) is 34.8 Å². The Hall–Kier alpha value is -1.60. The minimum absolute atomic E-state index is 0.00351. The number of benzene rings is 2. The average Bonchev–Trinajstić information content (AvgIpc) is 3.13. The van der Waals surface area contributed by atoms with Crippen LogP contribution in [0.2, 0.25) is 15.1 Å². The predicted octanol–water partition coefficient (Wildman–Crippen LogP) is 5.86. The molecule has 0 bridgehead atoms. The molecule has 0 radical (unpaired) electrons. The number of rotatable bonds is 2. The van der Waals surface area contributed by atoms with Crippen LogP contribution in [-0.2, 0) is 0 Å². The number of thioether (sulfide) groups is 1. The summed E-state index contributed by atoms with van der Waals surface area (Å²) in [5, 5.41) is 4.25. The van der Waals surface area contributed by atoms with Crippen LogP contribution in [0.1, 0.15) is 23.2 Å². The molecule has 2 fully saturated rings. The van der Waals surface area contributed by atoms with Gasteiger partial charge in [-0.3, -0.25) is 4.79 Å². The standard InChI is InChI=1S/C21H20Cl3N3O2S/c22-15-3-1-2-14(12-15)19(28)27-10-11-30-21(27)6-8-26(9-7-21)20(29)25-16-4-5-17(23)18(24)13-16/h1-5,12-13H,6-11H2,(H,25,29). The molecule has 0 atom stereocenters. The van der Waals surface area contributed by atoms with Crippen LogP contribution in [0.5, 0.6) is 0 Å². The minimum atomic E-state index is -0.278. The zero-order valence-corrected chi connectivity index (χ0v) is 19.1. The molecule has 2 saturated heterocycles. The Morgan fingerprint density at radius 1 is 0.967 bits per heavy atom. The molecular weight excluding hydrogens is 465 g/mol. The van der Waals surface area contributed by atoms with Crippen molar-refractivity contribution in [3.05, 3.63) is 63.1 Å². The van der Waals surface area contributed by atoms with Crippen LogP contribution < -0.4 is 5.32 Å². The van der Waals surface area contributed by atoms with Crippen molar-refractivity contribution in [2.75, 3.05) is 30.7 Å². The van der Waals surface area contributed by atoms with E-state index >= 15 is 0 Å². The first-order valence-electron chi connectivity index (χ1n) is 9.60. The SMILES string of the molecule is O=C(Nc1ccc(Cl)c(Cl)c1)N1CCC2(CC1)SCCN2C(=O)c1cccc(Cl)c1. The molecule has 1 spiro atoms. The molecule has 3 amide bonds. The van der Waals surface area contributed by atoms with Crippen molar-refractivity contribution >= 4 is 64.2 Å². The van der Waals surface area contributed by atoms with Gasteiger partial charge in [0.25, 0.3) is 5.91 Å². The Morgan fingerprint density at radius 3 is 2.43 bits per heavy atom. The Kier molecular flexibility index (Phi) is 6.39. The number of urea groups is 1. The van der Waals surface area contributed by atoms with E-state index in [9.17, 15) is 9.59 Å². The van der Waals surface area contributed by atoms with Gasteiger partial charge in [0, 0.05) is 41.7 Å². The Morgan fingerprint density at radius 2 is 1.73 bits per heavy atom. The number of amides is 3. The summed E-state index contributed by atoms with van der Waals surface area (Å²) in [4.78, 5) is 29.3. The number of carbonyl (C=O) groups excluding carboxylic acids is 2. The van der Waals surface area contributed by atoms with E-state index in [1.165, 1.54) is 0 Å². The van der Waals surface area contributed by atoms with E-state index in [1.54, 1.807) is 59.1 Å². The minimum Gasteiger partial charge on any atom is -0.324 e. The summed E-state index contributed by atoms with van der Waals surface area (Å²) in [5.74, 6) is 0.887. The van der Waals surface area contributed by atoms with Crippen molar-refractivity contribution in [2.24, 2.45) is 0 Å². The normalized spacial score (nSPS) is 18.0. The van der Waals surface area contributed by atoms with Gasteiger partial charge in [0.05, 0.1) is 14.9 Å². The largest absolute Gasteiger partial charge is 0.324 e. The van der Waals surface area contributed by atoms with Crippen LogP contribution in [0.4, 0.5) is 10.5 Å². The third-order valence-corrected chi connectivity index (χ3v) is 8.02. The maximum absolute atomic E-state index is 13.1. The molecule has 2 aromatic carbocycles. The smallest absolute Gasteiger partial charge is 0.321 e. The van der Waals surface area contributed by atoms with Crippen molar-refractivity contribution in [2.45, 2.75) is 17.7 Å². The van der Waals surface area contributed by atoms with Crippen LogP contribution in [0.25, 0.3) is 0 Å². The lowest BCUT2D eigenvalue weighted by Crippen LogP contribution is -2.54. The maximum atomic E-state index is 13.1. The number of nitrogens with zero attached hydrogens (tertiary/aromatic N) is 2. The van der Waals surface area contributed by atoms with Gasteiger partial charge in [-0.15, -0.1) is 11.8 Å². The molecule has 1 N–H and O–H groups in total. The van der Waals surface area contributed by atoms with E-state index in [0.717, 1.165) is 18.6 Å². The predicted molar refractivity (Wildman–Crippen MR) is 124 cm³/mol. The lowest BCUT2D eigenvalue weighted by molar-refractivity contribution is 0.0585. The number of hydrogen-bond acceptors (Lipinski definition) is 3. The van der Waals surface area contributed by atoms with Crippen LogP contribution in [0.3, 0.4) is 0 Å². The summed E-state index contributed by atoms with van der Waals surface area (Å²) in [6.07, 6.45) is 1.44. The highest BCUT2D eigenvalue weighted by atomic mass is 35.5. The Labute approximate surface area is 194 Å². The Bertz CT molecular complexity index is 980. The third-order valence-electron chi connectivity index (χ3n) is 5.50.